The van der Waals surface area contributed by atoms with E-state index in [0.29, 0.717) is 16.9 Å². The van der Waals surface area contributed by atoms with E-state index in [0.717, 1.165) is 66.1 Å². The molecule has 0 aliphatic heterocycles. The van der Waals surface area contributed by atoms with E-state index in [-0.39, 0.29) is 0 Å². The lowest BCUT2D eigenvalue weighted by atomic mass is 9.98. The van der Waals surface area contributed by atoms with E-state index >= 15 is 0 Å². The minimum absolute atomic E-state index is 0.432. The molecule has 0 N–H and O–H groups in total. The molecule has 5 heteroatoms. The van der Waals surface area contributed by atoms with Gasteiger partial charge < -0.3 is 9.13 Å². The molecule has 2 aromatic heterocycles. The molecule has 0 fully saturated rings. The van der Waals surface area contributed by atoms with E-state index in [1.54, 1.807) is 12.1 Å². The summed E-state index contributed by atoms with van der Waals surface area (Å²) in [7, 11) is 0. The Labute approximate surface area is 253 Å². The highest BCUT2D eigenvalue weighted by atomic mass is 15.0. The topological polar surface area (TPSA) is 42.4 Å². The van der Waals surface area contributed by atoms with Crippen LogP contribution in [0.2, 0.25) is 0 Å². The zero-order chi connectivity index (χ0) is 29.8. The third kappa shape index (κ3) is 3.56. The SMILES string of the molecule is [C-]#[N+]c1ccccc1-n1c2ccccc2c2ccc(-c3cccc4c3c3ccccc3n4-c3ccc(C#N)cc3[N+]#[C-])cc21. The maximum atomic E-state index is 9.45. The van der Waals surface area contributed by atoms with Gasteiger partial charge in [0.15, 0.2) is 0 Å². The molecular weight excluding hydrogens is 538 g/mol. The minimum Gasteiger partial charge on any atom is -0.319 e. The largest absolute Gasteiger partial charge is 0.319 e. The Balaban J connectivity index is 1.45. The summed E-state index contributed by atoms with van der Waals surface area (Å²) >= 11 is 0. The standard InChI is InChI=1S/C39H21N5/c1-41-31-13-5-8-16-35(31)44-33-14-6-3-10-28(33)29-20-19-26(23-38(29)44)27-12-9-17-37-39(27)30-11-4-7-15-34(30)43(37)36-21-18-25(24-40)22-32(36)42-2/h3-23H. The lowest BCUT2D eigenvalue weighted by Gasteiger charge is -2.12. The van der Waals surface area contributed by atoms with Crippen molar-refractivity contribution in [2.75, 3.05) is 0 Å². The first-order valence-corrected chi connectivity index (χ1v) is 14.2. The van der Waals surface area contributed by atoms with Gasteiger partial charge in [0.05, 0.1) is 52.7 Å². The van der Waals surface area contributed by atoms with Crippen molar-refractivity contribution in [1.82, 2.24) is 9.13 Å². The highest BCUT2D eigenvalue weighted by Crippen LogP contribution is 2.42. The second-order valence-electron chi connectivity index (χ2n) is 10.7. The summed E-state index contributed by atoms with van der Waals surface area (Å²) in [6, 6.07) is 44.7. The van der Waals surface area contributed by atoms with Crippen molar-refractivity contribution < 1.29 is 0 Å². The summed E-state index contributed by atoms with van der Waals surface area (Å²) in [5.74, 6) is 0. The number of hydrogen-bond acceptors (Lipinski definition) is 1. The molecule has 8 aromatic rings. The van der Waals surface area contributed by atoms with Gasteiger partial charge >= 0.3 is 0 Å². The van der Waals surface area contributed by atoms with Crippen molar-refractivity contribution in [3.63, 3.8) is 0 Å². The monoisotopic (exact) mass is 559 g/mol. The Bertz CT molecular complexity index is 2600. The van der Waals surface area contributed by atoms with Gasteiger partial charge in [-0.3, -0.25) is 0 Å². The highest BCUT2D eigenvalue weighted by Gasteiger charge is 2.20. The van der Waals surface area contributed by atoms with Crippen molar-refractivity contribution in [2.24, 2.45) is 0 Å². The van der Waals surface area contributed by atoms with Crippen molar-refractivity contribution in [2.45, 2.75) is 0 Å². The zero-order valence-corrected chi connectivity index (χ0v) is 23.4. The summed E-state index contributed by atoms with van der Waals surface area (Å²) in [6.45, 7) is 15.7. The number of aromatic nitrogens is 2. The fraction of sp³-hybridized carbons (Fsp3) is 0. The molecule has 0 bridgehead atoms. The Morgan fingerprint density at radius 2 is 1.16 bits per heavy atom. The number of para-hydroxylation sites is 4. The second kappa shape index (κ2) is 9.74. The van der Waals surface area contributed by atoms with Crippen molar-refractivity contribution in [3.05, 3.63) is 156 Å². The van der Waals surface area contributed by atoms with Crippen LogP contribution in [0.5, 0.6) is 0 Å². The first-order chi connectivity index (χ1) is 21.7. The number of nitriles is 1. The van der Waals surface area contributed by atoms with Gasteiger partial charge in [0.1, 0.15) is 0 Å². The predicted molar refractivity (Wildman–Crippen MR) is 178 cm³/mol. The van der Waals surface area contributed by atoms with Crippen LogP contribution in [0.1, 0.15) is 5.56 Å². The molecule has 44 heavy (non-hydrogen) atoms. The van der Waals surface area contributed by atoms with Gasteiger partial charge in [-0.05, 0) is 59.7 Å². The quantitative estimate of drug-likeness (QED) is 0.199. The lowest BCUT2D eigenvalue weighted by Crippen LogP contribution is -1.95. The van der Waals surface area contributed by atoms with Gasteiger partial charge in [0.25, 0.3) is 0 Å². The second-order valence-corrected chi connectivity index (χ2v) is 10.7. The molecule has 0 radical (unpaired) electrons. The van der Waals surface area contributed by atoms with Crippen LogP contribution in [0.15, 0.2) is 127 Å². The van der Waals surface area contributed by atoms with Crippen molar-refractivity contribution in [1.29, 1.82) is 5.26 Å². The van der Waals surface area contributed by atoms with E-state index in [1.807, 2.05) is 48.5 Å². The van der Waals surface area contributed by atoms with Gasteiger partial charge in [-0.2, -0.15) is 5.26 Å². The summed E-state index contributed by atoms with van der Waals surface area (Å²) in [4.78, 5) is 7.63. The van der Waals surface area contributed by atoms with Crippen LogP contribution in [0.25, 0.3) is 75.8 Å². The molecule has 0 amide bonds. The number of nitrogens with zero attached hydrogens (tertiary/aromatic N) is 5. The molecule has 8 rings (SSSR count). The number of hydrogen-bond donors (Lipinski definition) is 0. The molecule has 0 spiro atoms. The van der Waals surface area contributed by atoms with Crippen LogP contribution >= 0.6 is 0 Å². The van der Waals surface area contributed by atoms with Crippen LogP contribution in [0, 0.1) is 24.5 Å². The number of rotatable bonds is 3. The van der Waals surface area contributed by atoms with E-state index in [1.165, 1.54) is 0 Å². The van der Waals surface area contributed by atoms with Crippen LogP contribution in [0.4, 0.5) is 11.4 Å². The van der Waals surface area contributed by atoms with E-state index in [9.17, 15) is 5.26 Å². The normalized spacial score (nSPS) is 11.1. The molecular formula is C39H21N5. The van der Waals surface area contributed by atoms with Gasteiger partial charge in [0.2, 0.25) is 11.4 Å². The van der Waals surface area contributed by atoms with Crippen LogP contribution in [-0.4, -0.2) is 9.13 Å². The Morgan fingerprint density at radius 3 is 1.95 bits per heavy atom. The molecule has 202 valence electrons. The average Bonchev–Trinajstić information content (AvgIpc) is 3.60. The third-order valence-electron chi connectivity index (χ3n) is 8.39. The van der Waals surface area contributed by atoms with Gasteiger partial charge in [-0.25, -0.2) is 9.69 Å². The van der Waals surface area contributed by atoms with E-state index < -0.39 is 0 Å². The number of benzene rings is 6. The fourth-order valence-corrected chi connectivity index (χ4v) is 6.54. The Morgan fingerprint density at radius 1 is 0.523 bits per heavy atom. The zero-order valence-electron chi connectivity index (χ0n) is 23.4. The summed E-state index contributed by atoms with van der Waals surface area (Å²) < 4.78 is 4.33. The molecule has 0 aliphatic carbocycles. The summed E-state index contributed by atoms with van der Waals surface area (Å²) in [5, 5.41) is 13.9. The van der Waals surface area contributed by atoms with Crippen LogP contribution in [0.3, 0.4) is 0 Å². The minimum atomic E-state index is 0.432. The smallest absolute Gasteiger partial charge is 0.211 e. The third-order valence-corrected chi connectivity index (χ3v) is 8.39. The maximum Gasteiger partial charge on any atom is 0.211 e. The lowest BCUT2D eigenvalue weighted by molar-refractivity contribution is 1.18. The summed E-state index contributed by atoms with van der Waals surface area (Å²) in [5.41, 5.74) is 9.29. The average molecular weight is 560 g/mol. The van der Waals surface area contributed by atoms with Crippen molar-refractivity contribution in [3.8, 4) is 28.6 Å². The fourth-order valence-electron chi connectivity index (χ4n) is 6.54. The molecule has 0 saturated carbocycles. The number of fused-ring (bicyclic) bond motifs is 6. The molecule has 0 unspecified atom stereocenters. The van der Waals surface area contributed by atoms with Crippen LogP contribution < -0.4 is 0 Å². The predicted octanol–water partition coefficient (Wildman–Crippen LogP) is 10.5. The molecule has 2 heterocycles. The Hall–Kier alpha value is -6.61. The summed E-state index contributed by atoms with van der Waals surface area (Å²) in [6.07, 6.45) is 0. The Kier molecular flexibility index (Phi) is 5.56. The first-order valence-electron chi connectivity index (χ1n) is 14.2. The molecule has 6 aromatic carbocycles. The van der Waals surface area contributed by atoms with Crippen LogP contribution in [-0.2, 0) is 0 Å². The van der Waals surface area contributed by atoms with Gasteiger partial charge in [0, 0.05) is 27.1 Å². The van der Waals surface area contributed by atoms with Gasteiger partial charge in [-0.15, -0.1) is 0 Å². The highest BCUT2D eigenvalue weighted by molar-refractivity contribution is 6.17. The van der Waals surface area contributed by atoms with Gasteiger partial charge in [-0.1, -0.05) is 78.9 Å². The maximum absolute atomic E-state index is 9.45. The molecule has 5 nitrogen and oxygen atoms in total. The first kappa shape index (κ1) is 25.1. The van der Waals surface area contributed by atoms with E-state index in [4.69, 9.17) is 13.1 Å². The van der Waals surface area contributed by atoms with E-state index in [2.05, 4.69) is 91.6 Å². The molecule has 0 aliphatic rings. The van der Waals surface area contributed by atoms with Crippen molar-refractivity contribution >= 4 is 55.0 Å². The molecule has 0 saturated heterocycles. The molecule has 0 atom stereocenters.